The maximum atomic E-state index is 13.3. The summed E-state index contributed by atoms with van der Waals surface area (Å²) in [5.41, 5.74) is 1.83. The molecule has 0 aliphatic carbocycles. The van der Waals surface area contributed by atoms with Gasteiger partial charge in [-0.05, 0) is 37.3 Å². The van der Waals surface area contributed by atoms with Crippen molar-refractivity contribution in [1.29, 1.82) is 0 Å². The molecule has 0 aromatic heterocycles. The van der Waals surface area contributed by atoms with E-state index in [1.807, 2.05) is 19.1 Å². The van der Waals surface area contributed by atoms with E-state index in [2.05, 4.69) is 0 Å². The highest BCUT2D eigenvalue weighted by Gasteiger charge is 2.27. The molecule has 2 amide bonds. The number of aryl methyl sites for hydroxylation is 1. The van der Waals surface area contributed by atoms with Crippen molar-refractivity contribution in [2.75, 3.05) is 33.3 Å². The Hall–Kier alpha value is -2.89. The number of methoxy groups -OCH3 is 1. The molecule has 0 spiro atoms. The van der Waals surface area contributed by atoms with E-state index >= 15 is 0 Å². The molecule has 0 N–H and O–H groups in total. The Morgan fingerprint density at radius 1 is 0.962 bits per heavy atom. The summed E-state index contributed by atoms with van der Waals surface area (Å²) in [5, 5.41) is 0. The number of benzene rings is 2. The smallest absolute Gasteiger partial charge is 0.257 e. The minimum atomic E-state index is -0.434. The van der Waals surface area contributed by atoms with Crippen LogP contribution in [0, 0.1) is 12.7 Å². The van der Waals surface area contributed by atoms with E-state index < -0.39 is 5.82 Å². The molecule has 136 valence electrons. The van der Waals surface area contributed by atoms with Crippen molar-refractivity contribution in [2.45, 2.75) is 6.92 Å². The molecule has 5 nitrogen and oxygen atoms in total. The second-order valence-corrected chi connectivity index (χ2v) is 6.30. The predicted octanol–water partition coefficient (Wildman–Crippen LogP) is 2.74. The van der Waals surface area contributed by atoms with Gasteiger partial charge in [-0.2, -0.15) is 0 Å². The largest absolute Gasteiger partial charge is 0.496 e. The molecule has 0 unspecified atom stereocenters. The van der Waals surface area contributed by atoms with Gasteiger partial charge < -0.3 is 14.5 Å². The van der Waals surface area contributed by atoms with E-state index in [1.54, 1.807) is 21.9 Å². The molecule has 1 aliphatic rings. The fraction of sp³-hybridized carbons (Fsp3) is 0.300. The summed E-state index contributed by atoms with van der Waals surface area (Å²) < 4.78 is 18.6. The number of ether oxygens (including phenoxy) is 1. The van der Waals surface area contributed by atoms with Gasteiger partial charge in [0.25, 0.3) is 11.8 Å². The predicted molar refractivity (Wildman–Crippen MR) is 95.9 cm³/mol. The second kappa shape index (κ2) is 7.56. The van der Waals surface area contributed by atoms with E-state index in [-0.39, 0.29) is 11.8 Å². The molecule has 0 saturated carbocycles. The molecular weight excluding hydrogens is 335 g/mol. The summed E-state index contributed by atoms with van der Waals surface area (Å²) in [6.07, 6.45) is 0. The lowest BCUT2D eigenvalue weighted by atomic mass is 10.1. The zero-order valence-corrected chi connectivity index (χ0v) is 14.9. The van der Waals surface area contributed by atoms with Crippen LogP contribution in [0.3, 0.4) is 0 Å². The molecule has 1 heterocycles. The first-order valence-corrected chi connectivity index (χ1v) is 8.48. The molecule has 26 heavy (non-hydrogen) atoms. The van der Waals surface area contributed by atoms with Crippen LogP contribution in [0.25, 0.3) is 0 Å². The lowest BCUT2D eigenvalue weighted by molar-refractivity contribution is 0.0533. The number of carbonyl (C=O) groups excluding carboxylic acids is 2. The maximum Gasteiger partial charge on any atom is 0.257 e. The molecule has 3 rings (SSSR count). The van der Waals surface area contributed by atoms with Crippen LogP contribution in [0.5, 0.6) is 5.75 Å². The van der Waals surface area contributed by atoms with Gasteiger partial charge in [-0.15, -0.1) is 0 Å². The maximum absolute atomic E-state index is 13.3. The van der Waals surface area contributed by atoms with Gasteiger partial charge >= 0.3 is 0 Å². The van der Waals surface area contributed by atoms with Gasteiger partial charge in [-0.25, -0.2) is 4.39 Å². The third-order valence-corrected chi connectivity index (χ3v) is 4.51. The number of piperazine rings is 1. The van der Waals surface area contributed by atoms with Crippen LogP contribution in [0.1, 0.15) is 26.3 Å². The highest BCUT2D eigenvalue weighted by Crippen LogP contribution is 2.22. The van der Waals surface area contributed by atoms with E-state index in [0.717, 1.165) is 5.56 Å². The molecule has 0 radical (unpaired) electrons. The van der Waals surface area contributed by atoms with Crippen LogP contribution in [-0.4, -0.2) is 54.9 Å². The molecule has 1 aliphatic heterocycles. The number of hydrogen-bond donors (Lipinski definition) is 0. The van der Waals surface area contributed by atoms with Crippen LogP contribution in [0.15, 0.2) is 42.5 Å². The van der Waals surface area contributed by atoms with Gasteiger partial charge in [0.1, 0.15) is 11.6 Å². The van der Waals surface area contributed by atoms with Crippen LogP contribution in [0.4, 0.5) is 4.39 Å². The topological polar surface area (TPSA) is 49.9 Å². The lowest BCUT2D eigenvalue weighted by Gasteiger charge is -2.35. The minimum absolute atomic E-state index is 0.108. The van der Waals surface area contributed by atoms with Crippen molar-refractivity contribution < 1.29 is 18.7 Å². The zero-order chi connectivity index (χ0) is 18.7. The van der Waals surface area contributed by atoms with Gasteiger partial charge in [0.15, 0.2) is 0 Å². The first-order valence-electron chi connectivity index (χ1n) is 8.48. The Bertz CT molecular complexity index is 830. The highest BCUT2D eigenvalue weighted by atomic mass is 19.1. The highest BCUT2D eigenvalue weighted by molar-refractivity contribution is 5.98. The third-order valence-electron chi connectivity index (χ3n) is 4.51. The first kappa shape index (κ1) is 17.9. The second-order valence-electron chi connectivity index (χ2n) is 6.30. The number of halogens is 1. The van der Waals surface area contributed by atoms with Crippen molar-refractivity contribution in [3.63, 3.8) is 0 Å². The van der Waals surface area contributed by atoms with Gasteiger partial charge in [0, 0.05) is 31.7 Å². The third kappa shape index (κ3) is 3.69. The average molecular weight is 356 g/mol. The summed E-state index contributed by atoms with van der Waals surface area (Å²) in [7, 11) is 1.54. The van der Waals surface area contributed by atoms with Gasteiger partial charge in [-0.3, -0.25) is 9.59 Å². The van der Waals surface area contributed by atoms with Crippen molar-refractivity contribution in [2.24, 2.45) is 0 Å². The normalized spacial score (nSPS) is 14.3. The van der Waals surface area contributed by atoms with Crippen molar-refractivity contribution in [3.8, 4) is 5.75 Å². The summed E-state index contributed by atoms with van der Waals surface area (Å²) >= 11 is 0. The fourth-order valence-electron chi connectivity index (χ4n) is 3.08. The number of amides is 2. The minimum Gasteiger partial charge on any atom is -0.496 e. The Morgan fingerprint density at radius 2 is 1.62 bits per heavy atom. The van der Waals surface area contributed by atoms with E-state index in [9.17, 15) is 14.0 Å². The first-order chi connectivity index (χ1) is 12.5. The molecular formula is C20H21FN2O3. The molecule has 1 saturated heterocycles. The summed E-state index contributed by atoms with van der Waals surface area (Å²) in [6.45, 7) is 3.60. The SMILES string of the molecule is COc1ccc(C)cc1C(=O)N1CCN(C(=O)c2cccc(F)c2)CC1. The van der Waals surface area contributed by atoms with Crippen LogP contribution in [0.2, 0.25) is 0 Å². The molecule has 1 fully saturated rings. The van der Waals surface area contributed by atoms with Crippen LogP contribution in [-0.2, 0) is 0 Å². The van der Waals surface area contributed by atoms with Crippen molar-refractivity contribution in [3.05, 3.63) is 65.0 Å². The molecule has 2 aromatic rings. The monoisotopic (exact) mass is 356 g/mol. The van der Waals surface area contributed by atoms with Gasteiger partial charge in [0.05, 0.1) is 12.7 Å². The summed E-state index contributed by atoms with van der Waals surface area (Å²) in [5.74, 6) is -0.219. The van der Waals surface area contributed by atoms with E-state index in [4.69, 9.17) is 4.74 Å². The van der Waals surface area contributed by atoms with Crippen LogP contribution >= 0.6 is 0 Å². The van der Waals surface area contributed by atoms with Crippen LogP contribution < -0.4 is 4.74 Å². The standard InChI is InChI=1S/C20H21FN2O3/c1-14-6-7-18(26-2)17(12-14)20(25)23-10-8-22(9-11-23)19(24)15-4-3-5-16(21)13-15/h3-7,12-13H,8-11H2,1-2H3. The molecule has 2 aromatic carbocycles. The summed E-state index contributed by atoms with van der Waals surface area (Å²) in [4.78, 5) is 28.7. The fourth-order valence-corrected chi connectivity index (χ4v) is 3.08. The van der Waals surface area contributed by atoms with Gasteiger partial charge in [-0.1, -0.05) is 17.7 Å². The molecule has 6 heteroatoms. The quantitative estimate of drug-likeness (QED) is 0.850. The Morgan fingerprint density at radius 3 is 2.23 bits per heavy atom. The summed E-state index contributed by atoms with van der Waals surface area (Å²) in [6, 6.07) is 11.1. The average Bonchev–Trinajstić information content (AvgIpc) is 2.67. The number of nitrogens with zero attached hydrogens (tertiary/aromatic N) is 2. The van der Waals surface area contributed by atoms with Crippen molar-refractivity contribution in [1.82, 2.24) is 9.80 Å². The number of carbonyl (C=O) groups is 2. The zero-order valence-electron chi connectivity index (χ0n) is 14.9. The molecule has 0 atom stereocenters. The Kier molecular flexibility index (Phi) is 5.21. The molecule has 0 bridgehead atoms. The van der Waals surface area contributed by atoms with Crippen molar-refractivity contribution >= 4 is 11.8 Å². The Balaban J connectivity index is 1.68. The number of hydrogen-bond acceptors (Lipinski definition) is 3. The number of rotatable bonds is 3. The van der Waals surface area contributed by atoms with E-state index in [1.165, 1.54) is 25.3 Å². The van der Waals surface area contributed by atoms with Gasteiger partial charge in [0.2, 0.25) is 0 Å². The Labute approximate surface area is 152 Å². The lowest BCUT2D eigenvalue weighted by Crippen LogP contribution is -2.50. The van der Waals surface area contributed by atoms with E-state index in [0.29, 0.717) is 43.1 Å².